The first-order valence-electron chi connectivity index (χ1n) is 12.1. The Hall–Kier alpha value is -3.70. The maximum absolute atomic E-state index is 13.2. The van der Waals surface area contributed by atoms with E-state index in [1.54, 1.807) is 65.0 Å². The van der Waals surface area contributed by atoms with Crippen molar-refractivity contribution in [3.05, 3.63) is 65.5 Å². The van der Waals surface area contributed by atoms with Crippen LogP contribution in [0.5, 0.6) is 0 Å². The van der Waals surface area contributed by atoms with Crippen LogP contribution in [0.3, 0.4) is 0 Å². The number of nitrogens with zero attached hydrogens (tertiary/aromatic N) is 1. The van der Waals surface area contributed by atoms with Crippen molar-refractivity contribution in [3.63, 3.8) is 0 Å². The predicted molar refractivity (Wildman–Crippen MR) is 155 cm³/mol. The molecule has 9 nitrogen and oxygen atoms in total. The second kappa shape index (κ2) is 11.6. The Bertz CT molecular complexity index is 1470. The van der Waals surface area contributed by atoms with Gasteiger partial charge in [-0.3, -0.25) is 10.1 Å². The van der Waals surface area contributed by atoms with Crippen LogP contribution in [-0.2, 0) is 19.2 Å². The van der Waals surface area contributed by atoms with Crippen LogP contribution in [0.4, 0.5) is 21.0 Å². The smallest absolute Gasteiger partial charge is 0.442 e. The lowest BCUT2D eigenvalue weighted by molar-refractivity contribution is 0.0603. The van der Waals surface area contributed by atoms with Gasteiger partial charge in [-0.05, 0) is 95.0 Å². The van der Waals surface area contributed by atoms with Crippen molar-refractivity contribution in [1.82, 2.24) is 0 Å². The van der Waals surface area contributed by atoms with E-state index in [0.717, 1.165) is 10.4 Å². The van der Waals surface area contributed by atoms with E-state index >= 15 is 0 Å². The lowest BCUT2D eigenvalue weighted by Gasteiger charge is -2.21. The Balaban J connectivity index is 1.86. The summed E-state index contributed by atoms with van der Waals surface area (Å²) in [6.45, 7) is 10.3. The van der Waals surface area contributed by atoms with Crippen LogP contribution in [-0.4, -0.2) is 39.8 Å². The first-order chi connectivity index (χ1) is 18.0. The fraction of sp³-hybridized carbons (Fsp3) is 0.321. The predicted octanol–water partition coefficient (Wildman–Crippen LogP) is 7.41. The number of hydrogen-bond donors (Lipinski definition) is 2. The Kier molecular flexibility index (Phi) is 8.87. The zero-order valence-corrected chi connectivity index (χ0v) is 24.6. The second-order valence-electron chi connectivity index (χ2n) is 10.7. The third-order valence-electron chi connectivity index (χ3n) is 4.91. The van der Waals surface area contributed by atoms with Gasteiger partial charge in [0.05, 0.1) is 21.1 Å². The molecule has 2 aromatic carbocycles. The third kappa shape index (κ3) is 8.93. The van der Waals surface area contributed by atoms with Crippen LogP contribution in [0.1, 0.15) is 51.9 Å². The maximum atomic E-state index is 13.2. The Morgan fingerprint density at radius 3 is 2.05 bits per heavy atom. The number of thiophene rings is 1. The molecule has 1 heterocycles. The highest BCUT2D eigenvalue weighted by atomic mass is 32.2. The van der Waals surface area contributed by atoms with Crippen molar-refractivity contribution in [1.29, 1.82) is 0 Å². The number of rotatable bonds is 5. The monoisotopic (exact) mass is 571 g/mol. The number of amides is 3. The minimum atomic E-state index is -3.09. The molecule has 1 unspecified atom stereocenters. The highest BCUT2D eigenvalue weighted by molar-refractivity contribution is 7.93. The summed E-state index contributed by atoms with van der Waals surface area (Å²) in [4.78, 5) is 38.9. The molecule has 0 fully saturated rings. The lowest BCUT2D eigenvalue weighted by Crippen LogP contribution is -2.27. The van der Waals surface area contributed by atoms with Crippen molar-refractivity contribution in [2.75, 3.05) is 16.9 Å². The minimum absolute atomic E-state index is 0.274. The third-order valence-corrected chi connectivity index (χ3v) is 7.47. The van der Waals surface area contributed by atoms with E-state index in [1.165, 1.54) is 30.5 Å². The van der Waals surface area contributed by atoms with Crippen LogP contribution in [0.15, 0.2) is 69.2 Å². The average molecular weight is 572 g/mol. The van der Waals surface area contributed by atoms with Crippen molar-refractivity contribution < 1.29 is 28.1 Å². The molecule has 3 aromatic rings. The minimum Gasteiger partial charge on any atom is -0.444 e. The Morgan fingerprint density at radius 1 is 0.846 bits per heavy atom. The summed E-state index contributed by atoms with van der Waals surface area (Å²) in [5.74, 6) is -0.455. The number of anilines is 2. The SMILES string of the molecule is CC(C)(C)OC(=O)N=S(C)(=O)c1ccc(C(=O)Nc2cc(-c3cccs3)ccc2NC(=O)OC(C)(C)C)cc1. The van der Waals surface area contributed by atoms with Gasteiger partial charge in [-0.1, -0.05) is 12.1 Å². The molecule has 208 valence electrons. The molecule has 0 spiro atoms. The van der Waals surface area contributed by atoms with Crippen LogP contribution < -0.4 is 10.6 Å². The number of nitrogens with one attached hydrogen (secondary N) is 2. The van der Waals surface area contributed by atoms with E-state index in [9.17, 15) is 18.6 Å². The number of carbonyl (C=O) groups excluding carboxylic acids is 3. The topological polar surface area (TPSA) is 123 Å². The van der Waals surface area contributed by atoms with Crippen molar-refractivity contribution in [2.45, 2.75) is 57.6 Å². The summed E-state index contributed by atoms with van der Waals surface area (Å²) in [6.07, 6.45) is -0.249. The van der Waals surface area contributed by atoms with Gasteiger partial charge in [0.25, 0.3) is 5.91 Å². The van der Waals surface area contributed by atoms with Crippen LogP contribution in [0.2, 0.25) is 0 Å². The highest BCUT2D eigenvalue weighted by Gasteiger charge is 2.20. The summed E-state index contributed by atoms with van der Waals surface area (Å²) >= 11 is 1.54. The van der Waals surface area contributed by atoms with E-state index in [1.807, 2.05) is 23.6 Å². The molecule has 2 N–H and O–H groups in total. The number of hydrogen-bond acceptors (Lipinski definition) is 7. The first kappa shape index (κ1) is 29.9. The molecule has 0 bridgehead atoms. The largest absolute Gasteiger partial charge is 0.444 e. The molecule has 3 rings (SSSR count). The van der Waals surface area contributed by atoms with Gasteiger partial charge in [0, 0.05) is 21.6 Å². The summed E-state index contributed by atoms with van der Waals surface area (Å²) in [6, 6.07) is 15.1. The molecular weight excluding hydrogens is 538 g/mol. The van der Waals surface area contributed by atoms with E-state index in [2.05, 4.69) is 15.0 Å². The zero-order valence-electron chi connectivity index (χ0n) is 23.0. The lowest BCUT2D eigenvalue weighted by atomic mass is 10.1. The molecule has 1 aromatic heterocycles. The standard InChI is InChI=1S/C28H33N3O6S2/c1-27(2,3)36-25(33)30-21-15-12-19(23-9-8-16-38-23)17-22(21)29-24(32)18-10-13-20(14-11-18)39(7,35)31-26(34)37-28(4,5)6/h8-17H,1-7H3,(H,29,32)(H,30,33). The quantitative estimate of drug-likeness (QED) is 0.329. The molecule has 0 aliphatic rings. The van der Waals surface area contributed by atoms with Crippen LogP contribution >= 0.6 is 11.3 Å². The van der Waals surface area contributed by atoms with Gasteiger partial charge in [0.1, 0.15) is 11.2 Å². The van der Waals surface area contributed by atoms with Gasteiger partial charge >= 0.3 is 12.2 Å². The molecule has 0 saturated heterocycles. The first-order valence-corrected chi connectivity index (χ1v) is 14.9. The highest BCUT2D eigenvalue weighted by Crippen LogP contribution is 2.32. The number of benzene rings is 2. The van der Waals surface area contributed by atoms with Gasteiger partial charge in [-0.2, -0.15) is 0 Å². The van der Waals surface area contributed by atoms with Gasteiger partial charge in [-0.15, -0.1) is 15.7 Å². The fourth-order valence-electron chi connectivity index (χ4n) is 3.30. The van der Waals surface area contributed by atoms with E-state index in [0.29, 0.717) is 11.4 Å². The Morgan fingerprint density at radius 2 is 1.49 bits per heavy atom. The van der Waals surface area contributed by atoms with Gasteiger partial charge in [-0.25, -0.2) is 13.8 Å². The summed E-state index contributed by atoms with van der Waals surface area (Å²) in [5, 5.41) is 7.48. The molecule has 39 heavy (non-hydrogen) atoms. The zero-order chi connectivity index (χ0) is 29.0. The second-order valence-corrected chi connectivity index (χ2v) is 13.9. The van der Waals surface area contributed by atoms with Crippen LogP contribution in [0.25, 0.3) is 10.4 Å². The number of carbonyl (C=O) groups is 3. The fourth-order valence-corrected chi connectivity index (χ4v) is 5.09. The molecule has 1 atom stereocenters. The average Bonchev–Trinajstić information content (AvgIpc) is 3.32. The van der Waals surface area contributed by atoms with Gasteiger partial charge in [0.15, 0.2) is 0 Å². The molecule has 0 aliphatic heterocycles. The molecule has 0 saturated carbocycles. The van der Waals surface area contributed by atoms with E-state index in [-0.39, 0.29) is 10.5 Å². The van der Waals surface area contributed by atoms with Crippen molar-refractivity contribution >= 4 is 50.5 Å². The van der Waals surface area contributed by atoms with Gasteiger partial charge in [0.2, 0.25) is 0 Å². The maximum Gasteiger partial charge on any atom is 0.442 e. The molecule has 0 aliphatic carbocycles. The molecule has 0 radical (unpaired) electrons. The number of ether oxygens (including phenoxy) is 2. The summed E-state index contributed by atoms with van der Waals surface area (Å²) < 4.78 is 27.2. The summed E-state index contributed by atoms with van der Waals surface area (Å²) in [5.41, 5.74) is 0.411. The van der Waals surface area contributed by atoms with E-state index in [4.69, 9.17) is 9.47 Å². The van der Waals surface area contributed by atoms with E-state index < -0.39 is 39.0 Å². The molecule has 11 heteroatoms. The van der Waals surface area contributed by atoms with Crippen molar-refractivity contribution in [2.24, 2.45) is 4.36 Å². The normalized spacial score (nSPS) is 13.1. The summed E-state index contributed by atoms with van der Waals surface area (Å²) in [7, 11) is -3.09. The molecule has 3 amide bonds. The van der Waals surface area contributed by atoms with Gasteiger partial charge < -0.3 is 14.8 Å². The molecular formula is C28H33N3O6S2. The van der Waals surface area contributed by atoms with Crippen LogP contribution in [0, 0.1) is 0 Å². The Labute approximate surface area is 233 Å². The van der Waals surface area contributed by atoms with Crippen molar-refractivity contribution in [3.8, 4) is 10.4 Å².